The first-order valence-electron chi connectivity index (χ1n) is 8.01. The zero-order chi connectivity index (χ0) is 14.4. The van der Waals surface area contributed by atoms with Crippen LogP contribution in [0.5, 0.6) is 0 Å². The van der Waals surface area contributed by atoms with Gasteiger partial charge in [0.25, 0.3) is 0 Å². The molecule has 2 fully saturated rings. The number of rotatable bonds is 4. The third-order valence-electron chi connectivity index (χ3n) is 6.69. The minimum absolute atomic E-state index is 0.345. The molecule has 4 atom stereocenters. The SMILES string of the molecule is CC1(C)[C@H]2CC[C@]1(C)[C@H]([NH2+]C[C@H](O)c1ccccc1)C2. The molecule has 0 unspecified atom stereocenters. The van der Waals surface area contributed by atoms with Crippen LogP contribution in [0.2, 0.25) is 0 Å². The van der Waals surface area contributed by atoms with Crippen molar-refractivity contribution in [3.8, 4) is 0 Å². The Hall–Kier alpha value is -0.860. The fourth-order valence-corrected chi connectivity index (χ4v) is 4.73. The number of aliphatic hydroxyl groups excluding tert-OH is 1. The lowest BCUT2D eigenvalue weighted by atomic mass is 9.69. The van der Waals surface area contributed by atoms with Crippen LogP contribution in [0.3, 0.4) is 0 Å². The molecular weight excluding hydrogens is 246 g/mol. The Kier molecular flexibility index (Phi) is 3.42. The summed E-state index contributed by atoms with van der Waals surface area (Å²) in [5.41, 5.74) is 1.94. The molecule has 0 amide bonds. The van der Waals surface area contributed by atoms with Crippen molar-refractivity contribution >= 4 is 0 Å². The highest BCUT2D eigenvalue weighted by Gasteiger charge is 2.63. The van der Waals surface area contributed by atoms with E-state index in [1.807, 2.05) is 30.3 Å². The first-order chi connectivity index (χ1) is 9.45. The maximum atomic E-state index is 10.3. The van der Waals surface area contributed by atoms with Gasteiger partial charge in [-0.15, -0.1) is 0 Å². The van der Waals surface area contributed by atoms with Crippen LogP contribution in [0.15, 0.2) is 30.3 Å². The Balaban J connectivity index is 1.63. The number of hydrogen-bond donors (Lipinski definition) is 2. The normalized spacial score (nSPS) is 36.2. The van der Waals surface area contributed by atoms with Gasteiger partial charge < -0.3 is 10.4 Å². The van der Waals surface area contributed by atoms with Gasteiger partial charge >= 0.3 is 0 Å². The monoisotopic (exact) mass is 274 g/mol. The van der Waals surface area contributed by atoms with E-state index in [2.05, 4.69) is 26.1 Å². The topological polar surface area (TPSA) is 36.8 Å². The molecule has 2 saturated carbocycles. The summed E-state index contributed by atoms with van der Waals surface area (Å²) in [6, 6.07) is 10.7. The van der Waals surface area contributed by atoms with E-state index in [1.165, 1.54) is 19.3 Å². The van der Waals surface area contributed by atoms with Crippen molar-refractivity contribution in [2.75, 3.05) is 6.54 Å². The lowest BCUT2D eigenvalue weighted by Gasteiger charge is -2.37. The molecule has 0 saturated heterocycles. The minimum atomic E-state index is -0.345. The number of aliphatic hydroxyl groups is 1. The van der Waals surface area contributed by atoms with Gasteiger partial charge in [0, 0.05) is 11.8 Å². The smallest absolute Gasteiger partial charge is 0.128 e. The van der Waals surface area contributed by atoms with Crippen LogP contribution in [0, 0.1) is 16.7 Å². The Bertz CT molecular complexity index is 470. The number of quaternary nitrogens is 1. The fourth-order valence-electron chi connectivity index (χ4n) is 4.73. The summed E-state index contributed by atoms with van der Waals surface area (Å²) in [7, 11) is 0. The molecule has 0 radical (unpaired) electrons. The van der Waals surface area contributed by atoms with Crippen LogP contribution in [-0.2, 0) is 0 Å². The number of benzene rings is 1. The van der Waals surface area contributed by atoms with E-state index in [-0.39, 0.29) is 6.10 Å². The van der Waals surface area contributed by atoms with Crippen molar-refractivity contribution in [1.82, 2.24) is 0 Å². The molecule has 0 aromatic heterocycles. The third-order valence-corrected chi connectivity index (χ3v) is 6.69. The Morgan fingerprint density at radius 1 is 1.25 bits per heavy atom. The molecule has 1 aromatic rings. The lowest BCUT2D eigenvalue weighted by Crippen LogP contribution is -2.93. The van der Waals surface area contributed by atoms with Crippen molar-refractivity contribution in [3.05, 3.63) is 35.9 Å². The van der Waals surface area contributed by atoms with Gasteiger partial charge in [-0.05, 0) is 29.7 Å². The van der Waals surface area contributed by atoms with E-state index in [1.54, 1.807) is 0 Å². The standard InChI is InChI=1S/C18H27NO/c1-17(2)14-9-10-18(17,3)16(11-14)19-12-15(20)13-7-5-4-6-8-13/h4-8,14-16,19-20H,9-12H2,1-3H3/p+1/t14-,15-,16+,18+/m0/s1. The molecule has 3 rings (SSSR count). The van der Waals surface area contributed by atoms with Crippen LogP contribution in [0.25, 0.3) is 0 Å². The summed E-state index contributed by atoms with van der Waals surface area (Å²) in [5, 5.41) is 12.7. The molecule has 2 bridgehead atoms. The molecule has 0 heterocycles. The van der Waals surface area contributed by atoms with Gasteiger partial charge in [0.2, 0.25) is 0 Å². The summed E-state index contributed by atoms with van der Waals surface area (Å²) in [6.45, 7) is 8.15. The summed E-state index contributed by atoms with van der Waals surface area (Å²) in [6.07, 6.45) is 3.73. The van der Waals surface area contributed by atoms with Crippen molar-refractivity contribution in [2.24, 2.45) is 16.7 Å². The molecule has 3 N–H and O–H groups in total. The van der Waals surface area contributed by atoms with E-state index < -0.39 is 0 Å². The highest BCUT2D eigenvalue weighted by Crippen LogP contribution is 2.64. The van der Waals surface area contributed by atoms with Gasteiger partial charge in [0.05, 0.1) is 6.04 Å². The number of fused-ring (bicyclic) bond motifs is 2. The fraction of sp³-hybridized carbons (Fsp3) is 0.667. The van der Waals surface area contributed by atoms with Gasteiger partial charge in [-0.1, -0.05) is 51.1 Å². The highest BCUT2D eigenvalue weighted by atomic mass is 16.3. The largest absolute Gasteiger partial charge is 0.382 e. The van der Waals surface area contributed by atoms with E-state index in [0.29, 0.717) is 16.9 Å². The minimum Gasteiger partial charge on any atom is -0.382 e. The van der Waals surface area contributed by atoms with E-state index in [9.17, 15) is 5.11 Å². The molecule has 2 aliphatic rings. The van der Waals surface area contributed by atoms with Crippen LogP contribution < -0.4 is 5.32 Å². The van der Waals surface area contributed by atoms with Gasteiger partial charge in [0.15, 0.2) is 0 Å². The van der Waals surface area contributed by atoms with E-state index in [4.69, 9.17) is 0 Å². The predicted octanol–water partition coefficient (Wildman–Crippen LogP) is 2.50. The van der Waals surface area contributed by atoms with Gasteiger partial charge in [0.1, 0.15) is 12.6 Å². The van der Waals surface area contributed by atoms with Crippen molar-refractivity contribution < 1.29 is 10.4 Å². The quantitative estimate of drug-likeness (QED) is 0.869. The van der Waals surface area contributed by atoms with Crippen LogP contribution in [0.1, 0.15) is 51.7 Å². The highest BCUT2D eigenvalue weighted by molar-refractivity contribution is 5.17. The number of nitrogens with two attached hydrogens (primary N) is 1. The third kappa shape index (κ3) is 2.01. The van der Waals surface area contributed by atoms with Gasteiger partial charge in [-0.25, -0.2) is 0 Å². The van der Waals surface area contributed by atoms with Crippen molar-refractivity contribution in [2.45, 2.75) is 52.2 Å². The second kappa shape index (κ2) is 4.85. The second-order valence-electron chi connectivity index (χ2n) is 7.61. The average Bonchev–Trinajstić information content (AvgIpc) is 2.78. The Labute approximate surface area is 122 Å². The van der Waals surface area contributed by atoms with Crippen LogP contribution in [0.4, 0.5) is 0 Å². The maximum Gasteiger partial charge on any atom is 0.128 e. The lowest BCUT2D eigenvalue weighted by molar-refractivity contribution is -0.708. The zero-order valence-corrected chi connectivity index (χ0v) is 13.0. The zero-order valence-electron chi connectivity index (χ0n) is 13.0. The molecule has 2 heteroatoms. The summed E-state index contributed by atoms with van der Waals surface area (Å²) >= 11 is 0. The molecule has 1 aromatic carbocycles. The predicted molar refractivity (Wildman–Crippen MR) is 81.2 cm³/mol. The molecule has 2 aliphatic carbocycles. The summed E-state index contributed by atoms with van der Waals surface area (Å²) < 4.78 is 0. The Morgan fingerprint density at radius 2 is 1.95 bits per heavy atom. The van der Waals surface area contributed by atoms with E-state index in [0.717, 1.165) is 18.0 Å². The maximum absolute atomic E-state index is 10.3. The van der Waals surface area contributed by atoms with E-state index >= 15 is 0 Å². The van der Waals surface area contributed by atoms with Crippen molar-refractivity contribution in [3.63, 3.8) is 0 Å². The van der Waals surface area contributed by atoms with Gasteiger partial charge in [-0.3, -0.25) is 0 Å². The van der Waals surface area contributed by atoms with Gasteiger partial charge in [-0.2, -0.15) is 0 Å². The summed E-state index contributed by atoms with van der Waals surface area (Å²) in [4.78, 5) is 0. The first kappa shape index (κ1) is 14.1. The summed E-state index contributed by atoms with van der Waals surface area (Å²) in [5.74, 6) is 0.877. The number of hydrogen-bond acceptors (Lipinski definition) is 1. The van der Waals surface area contributed by atoms with Crippen LogP contribution >= 0.6 is 0 Å². The van der Waals surface area contributed by atoms with Crippen LogP contribution in [-0.4, -0.2) is 17.7 Å². The molecule has 20 heavy (non-hydrogen) atoms. The molecule has 2 nitrogen and oxygen atoms in total. The molecular formula is C18H28NO+. The average molecular weight is 274 g/mol. The molecule has 110 valence electrons. The molecule has 0 spiro atoms. The molecule has 0 aliphatic heterocycles. The second-order valence-corrected chi connectivity index (χ2v) is 7.61. The Morgan fingerprint density at radius 3 is 2.50 bits per heavy atom. The van der Waals surface area contributed by atoms with Crippen molar-refractivity contribution in [1.29, 1.82) is 0 Å². The first-order valence-corrected chi connectivity index (χ1v) is 8.01.